The van der Waals surface area contributed by atoms with Gasteiger partial charge < -0.3 is 15.0 Å². The molecule has 0 radical (unpaired) electrons. The van der Waals surface area contributed by atoms with Gasteiger partial charge in [0.15, 0.2) is 5.16 Å². The zero-order chi connectivity index (χ0) is 24.9. The summed E-state index contributed by atoms with van der Waals surface area (Å²) in [5.41, 5.74) is 4.79. The lowest BCUT2D eigenvalue weighted by Gasteiger charge is -2.28. The Labute approximate surface area is 215 Å². The number of hydrogen-bond acceptors (Lipinski definition) is 6. The number of ether oxygens (including phenoxy) is 1. The highest BCUT2D eigenvalue weighted by atomic mass is 32.2. The Morgan fingerprint density at radius 2 is 1.64 bits per heavy atom. The molecule has 1 atom stereocenters. The first kappa shape index (κ1) is 24.1. The normalized spacial score (nSPS) is 14.4. The van der Waals surface area contributed by atoms with Crippen LogP contribution in [-0.4, -0.2) is 47.0 Å². The molecule has 1 aliphatic rings. The molecule has 0 aliphatic carbocycles. The second kappa shape index (κ2) is 11.0. The lowest BCUT2D eigenvalue weighted by Crippen LogP contribution is -2.37. The summed E-state index contributed by atoms with van der Waals surface area (Å²) >= 11 is 1.40. The summed E-state index contributed by atoms with van der Waals surface area (Å²) in [7, 11) is 0. The van der Waals surface area contributed by atoms with Gasteiger partial charge in [0, 0.05) is 18.8 Å². The van der Waals surface area contributed by atoms with Crippen molar-refractivity contribution in [3.63, 3.8) is 0 Å². The van der Waals surface area contributed by atoms with Crippen molar-refractivity contribution in [2.24, 2.45) is 0 Å². The quantitative estimate of drug-likeness (QED) is 0.353. The number of rotatable bonds is 7. The van der Waals surface area contributed by atoms with Gasteiger partial charge in [-0.25, -0.2) is 0 Å². The van der Waals surface area contributed by atoms with Crippen LogP contribution in [0.4, 0.5) is 11.6 Å². The molecule has 3 aromatic carbocycles. The van der Waals surface area contributed by atoms with Crippen molar-refractivity contribution in [1.29, 1.82) is 0 Å². The third-order valence-electron chi connectivity index (χ3n) is 6.14. The van der Waals surface area contributed by atoms with Crippen LogP contribution < -0.4 is 10.2 Å². The fourth-order valence-corrected chi connectivity index (χ4v) is 5.24. The first-order valence-electron chi connectivity index (χ1n) is 12.0. The van der Waals surface area contributed by atoms with Gasteiger partial charge in [-0.1, -0.05) is 72.4 Å². The molecule has 0 spiro atoms. The molecule has 5 rings (SSSR count). The topological polar surface area (TPSA) is 72.3 Å². The Morgan fingerprint density at radius 3 is 2.36 bits per heavy atom. The predicted octanol–water partition coefficient (Wildman–Crippen LogP) is 5.19. The highest BCUT2D eigenvalue weighted by molar-refractivity contribution is 8.00. The fraction of sp³-hybridized carbons (Fsp3) is 0.250. The molecular formula is C28H29N5O2S. The van der Waals surface area contributed by atoms with E-state index in [0.29, 0.717) is 18.4 Å². The van der Waals surface area contributed by atoms with Crippen molar-refractivity contribution in [3.8, 4) is 5.69 Å². The number of carbonyl (C=O) groups is 1. The largest absolute Gasteiger partial charge is 0.378 e. The SMILES string of the molecule is Cc1ccc(C)c(NC(=O)C(Sc2nnc(N3CCOCC3)n2-c2ccccc2)c2ccccc2)c1. The van der Waals surface area contributed by atoms with Crippen molar-refractivity contribution < 1.29 is 9.53 Å². The van der Waals surface area contributed by atoms with E-state index < -0.39 is 5.25 Å². The standard InChI is InChI=1S/C28H29N5O2S/c1-20-13-14-21(2)24(19-20)29-26(34)25(22-9-5-3-6-10-22)36-28-31-30-27(32-15-17-35-18-16-32)33(28)23-11-7-4-8-12-23/h3-14,19,25H,15-18H2,1-2H3,(H,29,34). The molecule has 184 valence electrons. The molecule has 36 heavy (non-hydrogen) atoms. The van der Waals surface area contributed by atoms with Gasteiger partial charge in [0.1, 0.15) is 5.25 Å². The molecule has 1 saturated heterocycles. The van der Waals surface area contributed by atoms with Crippen LogP contribution in [0, 0.1) is 13.8 Å². The molecule has 0 bridgehead atoms. The van der Waals surface area contributed by atoms with E-state index in [0.717, 1.165) is 47.1 Å². The molecule has 1 aromatic heterocycles. The van der Waals surface area contributed by atoms with Gasteiger partial charge in [-0.2, -0.15) is 0 Å². The van der Waals surface area contributed by atoms with Crippen LogP contribution in [-0.2, 0) is 9.53 Å². The number of morpholine rings is 1. The molecule has 8 heteroatoms. The minimum Gasteiger partial charge on any atom is -0.378 e. The number of benzene rings is 3. The van der Waals surface area contributed by atoms with Crippen LogP contribution in [0.15, 0.2) is 84.0 Å². The Kier molecular flexibility index (Phi) is 7.34. The number of nitrogens with one attached hydrogen (secondary N) is 1. The van der Waals surface area contributed by atoms with Gasteiger partial charge in [0.2, 0.25) is 11.9 Å². The second-order valence-corrected chi connectivity index (χ2v) is 9.84. The summed E-state index contributed by atoms with van der Waals surface area (Å²) in [6.07, 6.45) is 0. The van der Waals surface area contributed by atoms with Gasteiger partial charge in [-0.3, -0.25) is 9.36 Å². The number of nitrogens with zero attached hydrogens (tertiary/aromatic N) is 4. The predicted molar refractivity (Wildman–Crippen MR) is 144 cm³/mol. The Balaban J connectivity index is 1.52. The van der Waals surface area contributed by atoms with Crippen LogP contribution in [0.2, 0.25) is 0 Å². The summed E-state index contributed by atoms with van der Waals surface area (Å²) < 4.78 is 7.58. The molecule has 2 heterocycles. The molecular weight excluding hydrogens is 470 g/mol. The zero-order valence-electron chi connectivity index (χ0n) is 20.4. The third kappa shape index (κ3) is 5.29. The number of aromatic nitrogens is 3. The number of para-hydroxylation sites is 1. The molecule has 7 nitrogen and oxygen atoms in total. The summed E-state index contributed by atoms with van der Waals surface area (Å²) in [5, 5.41) is 12.4. The first-order valence-corrected chi connectivity index (χ1v) is 12.9. The fourth-order valence-electron chi connectivity index (χ4n) is 4.18. The second-order valence-electron chi connectivity index (χ2n) is 8.77. The molecule has 1 amide bonds. The summed E-state index contributed by atoms with van der Waals surface area (Å²) in [6.45, 7) is 6.80. The van der Waals surface area contributed by atoms with Crippen molar-refractivity contribution in [2.45, 2.75) is 24.3 Å². The van der Waals surface area contributed by atoms with E-state index in [1.165, 1.54) is 11.8 Å². The zero-order valence-corrected chi connectivity index (χ0v) is 21.2. The highest BCUT2D eigenvalue weighted by Gasteiger charge is 2.28. The van der Waals surface area contributed by atoms with Crippen molar-refractivity contribution >= 4 is 29.3 Å². The molecule has 1 aliphatic heterocycles. The Bertz CT molecular complexity index is 1320. The van der Waals surface area contributed by atoms with Crippen LogP contribution >= 0.6 is 11.8 Å². The average molecular weight is 500 g/mol. The minimum atomic E-state index is -0.518. The number of carbonyl (C=O) groups excluding carboxylic acids is 1. The number of thioether (sulfide) groups is 1. The summed E-state index contributed by atoms with van der Waals surface area (Å²) in [5.74, 6) is 0.657. The maximum absolute atomic E-state index is 13.7. The number of hydrogen-bond donors (Lipinski definition) is 1. The van der Waals surface area contributed by atoms with Gasteiger partial charge in [0.05, 0.1) is 18.9 Å². The molecule has 1 unspecified atom stereocenters. The van der Waals surface area contributed by atoms with Gasteiger partial charge in [0.25, 0.3) is 0 Å². The van der Waals surface area contributed by atoms with Gasteiger partial charge in [-0.15, -0.1) is 10.2 Å². The molecule has 4 aromatic rings. The summed E-state index contributed by atoms with van der Waals surface area (Å²) in [4.78, 5) is 15.9. The minimum absolute atomic E-state index is 0.101. The van der Waals surface area contributed by atoms with E-state index in [1.54, 1.807) is 0 Å². The molecule has 1 N–H and O–H groups in total. The van der Waals surface area contributed by atoms with E-state index in [1.807, 2.05) is 97.3 Å². The maximum Gasteiger partial charge on any atom is 0.242 e. The van der Waals surface area contributed by atoms with E-state index in [-0.39, 0.29) is 5.91 Å². The number of anilines is 2. The van der Waals surface area contributed by atoms with E-state index in [9.17, 15) is 4.79 Å². The van der Waals surface area contributed by atoms with Crippen LogP contribution in [0.25, 0.3) is 5.69 Å². The van der Waals surface area contributed by atoms with Crippen LogP contribution in [0.1, 0.15) is 21.9 Å². The third-order valence-corrected chi connectivity index (χ3v) is 7.34. The maximum atomic E-state index is 13.7. The van der Waals surface area contributed by atoms with Crippen LogP contribution in [0.5, 0.6) is 0 Å². The number of aryl methyl sites for hydroxylation is 2. The van der Waals surface area contributed by atoms with Gasteiger partial charge in [-0.05, 0) is 48.7 Å². The van der Waals surface area contributed by atoms with Crippen molar-refractivity contribution in [1.82, 2.24) is 14.8 Å². The van der Waals surface area contributed by atoms with Crippen molar-refractivity contribution in [2.75, 3.05) is 36.5 Å². The lowest BCUT2D eigenvalue weighted by molar-refractivity contribution is -0.115. The highest BCUT2D eigenvalue weighted by Crippen LogP contribution is 2.38. The van der Waals surface area contributed by atoms with Gasteiger partial charge >= 0.3 is 0 Å². The number of amides is 1. The lowest BCUT2D eigenvalue weighted by atomic mass is 10.1. The summed E-state index contributed by atoms with van der Waals surface area (Å²) in [6, 6.07) is 25.9. The smallest absolute Gasteiger partial charge is 0.242 e. The van der Waals surface area contributed by atoms with E-state index >= 15 is 0 Å². The van der Waals surface area contributed by atoms with E-state index in [4.69, 9.17) is 4.74 Å². The van der Waals surface area contributed by atoms with E-state index in [2.05, 4.69) is 20.4 Å². The van der Waals surface area contributed by atoms with Crippen molar-refractivity contribution in [3.05, 3.63) is 95.6 Å². The first-order chi connectivity index (χ1) is 17.6. The molecule has 1 fully saturated rings. The Morgan fingerprint density at radius 1 is 0.944 bits per heavy atom. The Hall–Kier alpha value is -3.62. The monoisotopic (exact) mass is 499 g/mol. The average Bonchev–Trinajstić information content (AvgIpc) is 3.34. The molecule has 0 saturated carbocycles. The van der Waals surface area contributed by atoms with Crippen LogP contribution in [0.3, 0.4) is 0 Å².